The molecule has 3 rings (SSSR count). The van der Waals surface area contributed by atoms with Crippen LogP contribution in [0.5, 0.6) is 0 Å². The second kappa shape index (κ2) is 5.29. The third-order valence-electron chi connectivity index (χ3n) is 3.17. The molecule has 0 unspecified atom stereocenters. The first-order chi connectivity index (χ1) is 9.74. The number of aromatic nitrogens is 2. The van der Waals surface area contributed by atoms with Crippen LogP contribution in [-0.4, -0.2) is 16.2 Å². The predicted molar refractivity (Wildman–Crippen MR) is 83.7 cm³/mol. The van der Waals surface area contributed by atoms with Gasteiger partial charge in [-0.3, -0.25) is 0 Å². The second-order valence-corrected chi connectivity index (χ2v) is 5.13. The standard InChI is InChI=1S/C17H17N3/c1-12(2)18-17-11-10-16(19-20-17)15-9-5-7-13-6-3-4-8-14(13)15/h3-12H,1-2H3,(H,18,20). The van der Waals surface area contributed by atoms with E-state index in [0.29, 0.717) is 6.04 Å². The monoisotopic (exact) mass is 263 g/mol. The fraction of sp³-hybridized carbons (Fsp3) is 0.176. The molecule has 0 aliphatic heterocycles. The van der Waals surface area contributed by atoms with Gasteiger partial charge in [0.25, 0.3) is 0 Å². The molecule has 0 fully saturated rings. The summed E-state index contributed by atoms with van der Waals surface area (Å²) in [6, 6.07) is 18.9. The van der Waals surface area contributed by atoms with Crippen LogP contribution in [0.1, 0.15) is 13.8 Å². The number of hydrogen-bond donors (Lipinski definition) is 1. The maximum Gasteiger partial charge on any atom is 0.148 e. The van der Waals surface area contributed by atoms with Crippen LogP contribution in [0.25, 0.3) is 22.0 Å². The largest absolute Gasteiger partial charge is 0.366 e. The third kappa shape index (κ3) is 2.48. The SMILES string of the molecule is CC(C)Nc1ccc(-c2cccc3ccccc23)nn1. The maximum atomic E-state index is 4.34. The van der Waals surface area contributed by atoms with Crippen LogP contribution in [0.2, 0.25) is 0 Å². The van der Waals surface area contributed by atoms with Crippen LogP contribution >= 0.6 is 0 Å². The Bertz CT molecular complexity index is 712. The Hall–Kier alpha value is -2.42. The van der Waals surface area contributed by atoms with E-state index in [9.17, 15) is 0 Å². The molecule has 0 bridgehead atoms. The van der Waals surface area contributed by atoms with Gasteiger partial charge >= 0.3 is 0 Å². The molecule has 0 saturated carbocycles. The average Bonchev–Trinajstić information content (AvgIpc) is 2.47. The van der Waals surface area contributed by atoms with Crippen molar-refractivity contribution in [1.29, 1.82) is 0 Å². The molecular weight excluding hydrogens is 246 g/mol. The number of benzene rings is 2. The van der Waals surface area contributed by atoms with Gasteiger partial charge in [-0.05, 0) is 36.8 Å². The van der Waals surface area contributed by atoms with E-state index in [1.165, 1.54) is 10.8 Å². The molecule has 0 atom stereocenters. The lowest BCUT2D eigenvalue weighted by Crippen LogP contribution is -2.11. The maximum absolute atomic E-state index is 4.34. The van der Waals surface area contributed by atoms with Crippen molar-refractivity contribution in [2.75, 3.05) is 5.32 Å². The van der Waals surface area contributed by atoms with Gasteiger partial charge in [0.05, 0.1) is 5.69 Å². The third-order valence-corrected chi connectivity index (χ3v) is 3.17. The highest BCUT2D eigenvalue weighted by Crippen LogP contribution is 2.27. The normalized spacial score (nSPS) is 10.9. The second-order valence-electron chi connectivity index (χ2n) is 5.13. The summed E-state index contributed by atoms with van der Waals surface area (Å²) in [4.78, 5) is 0. The van der Waals surface area contributed by atoms with E-state index in [4.69, 9.17) is 0 Å². The Balaban J connectivity index is 2.03. The summed E-state index contributed by atoms with van der Waals surface area (Å²) >= 11 is 0. The van der Waals surface area contributed by atoms with Gasteiger partial charge in [0.1, 0.15) is 5.82 Å². The van der Waals surface area contributed by atoms with Crippen molar-refractivity contribution in [2.24, 2.45) is 0 Å². The van der Waals surface area contributed by atoms with E-state index in [2.05, 4.69) is 59.7 Å². The van der Waals surface area contributed by atoms with Crippen molar-refractivity contribution >= 4 is 16.6 Å². The van der Waals surface area contributed by atoms with Gasteiger partial charge in [0.2, 0.25) is 0 Å². The molecule has 20 heavy (non-hydrogen) atoms. The topological polar surface area (TPSA) is 37.8 Å². The molecular formula is C17H17N3. The first-order valence-electron chi connectivity index (χ1n) is 6.82. The number of nitrogens with zero attached hydrogens (tertiary/aromatic N) is 2. The molecule has 1 aromatic heterocycles. The van der Waals surface area contributed by atoms with Crippen molar-refractivity contribution in [3.63, 3.8) is 0 Å². The minimum absolute atomic E-state index is 0.354. The Labute approximate surface area is 118 Å². The van der Waals surface area contributed by atoms with Crippen LogP contribution in [0.15, 0.2) is 54.6 Å². The minimum atomic E-state index is 0.354. The summed E-state index contributed by atoms with van der Waals surface area (Å²) in [5.74, 6) is 0.809. The fourth-order valence-electron chi connectivity index (χ4n) is 2.30. The zero-order chi connectivity index (χ0) is 13.9. The quantitative estimate of drug-likeness (QED) is 0.772. The van der Waals surface area contributed by atoms with E-state index < -0.39 is 0 Å². The lowest BCUT2D eigenvalue weighted by atomic mass is 10.0. The summed E-state index contributed by atoms with van der Waals surface area (Å²) in [5, 5.41) is 14.2. The van der Waals surface area contributed by atoms with Gasteiger partial charge in [0, 0.05) is 11.6 Å². The minimum Gasteiger partial charge on any atom is -0.366 e. The number of rotatable bonds is 3. The Kier molecular flexibility index (Phi) is 3.33. The van der Waals surface area contributed by atoms with Crippen LogP contribution in [-0.2, 0) is 0 Å². The van der Waals surface area contributed by atoms with Crippen molar-refractivity contribution in [2.45, 2.75) is 19.9 Å². The van der Waals surface area contributed by atoms with Crippen LogP contribution in [0.4, 0.5) is 5.82 Å². The van der Waals surface area contributed by atoms with Crippen LogP contribution in [0.3, 0.4) is 0 Å². The zero-order valence-corrected chi connectivity index (χ0v) is 11.7. The fourth-order valence-corrected chi connectivity index (χ4v) is 2.30. The summed E-state index contributed by atoms with van der Waals surface area (Å²) in [6.45, 7) is 4.17. The van der Waals surface area contributed by atoms with E-state index in [0.717, 1.165) is 17.1 Å². The molecule has 2 aromatic carbocycles. The van der Waals surface area contributed by atoms with Crippen molar-refractivity contribution in [1.82, 2.24) is 10.2 Å². The van der Waals surface area contributed by atoms with Gasteiger partial charge in [0.15, 0.2) is 0 Å². The lowest BCUT2D eigenvalue weighted by molar-refractivity contribution is 0.875. The van der Waals surface area contributed by atoms with E-state index in [1.807, 2.05) is 24.3 Å². The highest BCUT2D eigenvalue weighted by Gasteiger charge is 2.05. The van der Waals surface area contributed by atoms with Gasteiger partial charge in [-0.1, -0.05) is 42.5 Å². The average molecular weight is 263 g/mol. The van der Waals surface area contributed by atoms with Gasteiger partial charge in [-0.25, -0.2) is 0 Å². The van der Waals surface area contributed by atoms with E-state index in [-0.39, 0.29) is 0 Å². The molecule has 0 aliphatic rings. The molecule has 3 nitrogen and oxygen atoms in total. The van der Waals surface area contributed by atoms with Crippen molar-refractivity contribution in [3.05, 3.63) is 54.6 Å². The van der Waals surface area contributed by atoms with E-state index >= 15 is 0 Å². The lowest BCUT2D eigenvalue weighted by Gasteiger charge is -2.09. The number of anilines is 1. The van der Waals surface area contributed by atoms with Gasteiger partial charge < -0.3 is 5.32 Å². The smallest absolute Gasteiger partial charge is 0.148 e. The molecule has 0 amide bonds. The molecule has 0 spiro atoms. The van der Waals surface area contributed by atoms with Gasteiger partial charge in [-0.2, -0.15) is 0 Å². The highest BCUT2D eigenvalue weighted by molar-refractivity contribution is 5.95. The van der Waals surface area contributed by atoms with Gasteiger partial charge in [-0.15, -0.1) is 10.2 Å². The van der Waals surface area contributed by atoms with E-state index in [1.54, 1.807) is 0 Å². The molecule has 0 saturated heterocycles. The van der Waals surface area contributed by atoms with Crippen molar-refractivity contribution < 1.29 is 0 Å². The van der Waals surface area contributed by atoms with Crippen LogP contribution in [0, 0.1) is 0 Å². The Morgan fingerprint density at radius 2 is 1.65 bits per heavy atom. The zero-order valence-electron chi connectivity index (χ0n) is 11.7. The summed E-state index contributed by atoms with van der Waals surface area (Å²) in [5.41, 5.74) is 2.02. The molecule has 0 radical (unpaired) electrons. The molecule has 3 heteroatoms. The van der Waals surface area contributed by atoms with Crippen LogP contribution < -0.4 is 5.32 Å². The predicted octanol–water partition coefficient (Wildman–Crippen LogP) is 4.12. The summed E-state index contributed by atoms with van der Waals surface area (Å²) in [6.07, 6.45) is 0. The summed E-state index contributed by atoms with van der Waals surface area (Å²) in [7, 11) is 0. The molecule has 100 valence electrons. The summed E-state index contributed by atoms with van der Waals surface area (Å²) < 4.78 is 0. The Morgan fingerprint density at radius 3 is 2.40 bits per heavy atom. The first kappa shape index (κ1) is 12.6. The molecule has 1 heterocycles. The number of hydrogen-bond acceptors (Lipinski definition) is 3. The molecule has 1 N–H and O–H groups in total. The van der Waals surface area contributed by atoms with Crippen molar-refractivity contribution in [3.8, 4) is 11.3 Å². The molecule has 3 aromatic rings. The number of nitrogens with one attached hydrogen (secondary N) is 1. The molecule has 0 aliphatic carbocycles. The highest BCUT2D eigenvalue weighted by atomic mass is 15.2. The Morgan fingerprint density at radius 1 is 0.850 bits per heavy atom. The number of fused-ring (bicyclic) bond motifs is 1. The first-order valence-corrected chi connectivity index (χ1v) is 6.82.